The van der Waals surface area contributed by atoms with Crippen molar-refractivity contribution in [3.05, 3.63) is 42.0 Å². The number of carbonyl (C=O) groups is 1. The first-order valence-electron chi connectivity index (χ1n) is 5.71. The Kier molecular flexibility index (Phi) is 3.83. The molecule has 2 aromatic carbocycles. The molecule has 0 aliphatic carbocycles. The Labute approximate surface area is 112 Å². The third kappa shape index (κ3) is 3.20. The summed E-state index contributed by atoms with van der Waals surface area (Å²) in [5, 5.41) is 1.20. The van der Waals surface area contributed by atoms with E-state index in [-0.39, 0.29) is 11.3 Å². The van der Waals surface area contributed by atoms with E-state index in [0.717, 1.165) is 0 Å². The molecule has 0 N–H and O–H groups in total. The molecule has 2 rings (SSSR count). The molecule has 3 nitrogen and oxygen atoms in total. The molecule has 0 amide bonds. The van der Waals surface area contributed by atoms with E-state index in [1.165, 1.54) is 19.2 Å². The first-order valence-corrected chi connectivity index (χ1v) is 5.71. The maximum atomic E-state index is 12.2. The number of benzene rings is 2. The number of rotatable bonds is 3. The van der Waals surface area contributed by atoms with Crippen molar-refractivity contribution in [2.75, 3.05) is 13.7 Å². The highest BCUT2D eigenvalue weighted by Crippen LogP contribution is 2.27. The predicted octanol–water partition coefficient (Wildman–Crippen LogP) is 3.57. The van der Waals surface area contributed by atoms with Crippen LogP contribution in [0, 0.1) is 0 Å². The van der Waals surface area contributed by atoms with Gasteiger partial charge in [-0.1, -0.05) is 24.3 Å². The van der Waals surface area contributed by atoms with E-state index < -0.39 is 18.8 Å². The largest absolute Gasteiger partial charge is 0.484 e. The molecule has 0 heterocycles. The number of halogens is 3. The van der Waals surface area contributed by atoms with Crippen molar-refractivity contribution in [3.63, 3.8) is 0 Å². The molecule has 0 radical (unpaired) electrons. The predicted molar refractivity (Wildman–Crippen MR) is 66.8 cm³/mol. The molecule has 0 aromatic heterocycles. The normalized spacial score (nSPS) is 11.4. The molecular weight excluding hydrogens is 273 g/mol. The molecule has 0 bridgehead atoms. The minimum atomic E-state index is -4.43. The SMILES string of the molecule is COC(=O)c1cc(OCC(F)(F)F)cc2ccccc12. The molecule has 106 valence electrons. The molecule has 0 spiro atoms. The number of methoxy groups -OCH3 is 1. The van der Waals surface area contributed by atoms with Crippen LogP contribution in [0.5, 0.6) is 5.75 Å². The van der Waals surface area contributed by atoms with E-state index in [2.05, 4.69) is 9.47 Å². The van der Waals surface area contributed by atoms with Gasteiger partial charge in [0.25, 0.3) is 0 Å². The average Bonchev–Trinajstić information content (AvgIpc) is 2.42. The Morgan fingerprint density at radius 3 is 2.55 bits per heavy atom. The van der Waals surface area contributed by atoms with Gasteiger partial charge in [0.1, 0.15) is 5.75 Å². The maximum Gasteiger partial charge on any atom is 0.422 e. The van der Waals surface area contributed by atoms with Crippen molar-refractivity contribution in [2.45, 2.75) is 6.18 Å². The van der Waals surface area contributed by atoms with E-state index in [9.17, 15) is 18.0 Å². The lowest BCUT2D eigenvalue weighted by atomic mass is 10.0. The minimum Gasteiger partial charge on any atom is -0.484 e. The number of carbonyl (C=O) groups excluding carboxylic acids is 1. The van der Waals surface area contributed by atoms with Crippen LogP contribution < -0.4 is 4.74 Å². The quantitative estimate of drug-likeness (QED) is 0.808. The number of hydrogen-bond donors (Lipinski definition) is 0. The zero-order valence-corrected chi connectivity index (χ0v) is 10.5. The molecule has 0 aliphatic heterocycles. The summed E-state index contributed by atoms with van der Waals surface area (Å²) in [6.45, 7) is -1.41. The second-order valence-corrected chi connectivity index (χ2v) is 4.09. The summed E-state index contributed by atoms with van der Waals surface area (Å²) in [4.78, 5) is 11.7. The summed E-state index contributed by atoms with van der Waals surface area (Å²) in [7, 11) is 1.21. The van der Waals surface area contributed by atoms with Gasteiger partial charge in [-0.05, 0) is 22.9 Å². The van der Waals surface area contributed by atoms with Gasteiger partial charge in [0.05, 0.1) is 12.7 Å². The van der Waals surface area contributed by atoms with E-state index in [0.29, 0.717) is 10.8 Å². The Morgan fingerprint density at radius 1 is 1.20 bits per heavy atom. The molecule has 20 heavy (non-hydrogen) atoms. The first-order chi connectivity index (χ1) is 9.40. The fourth-order valence-corrected chi connectivity index (χ4v) is 1.81. The average molecular weight is 284 g/mol. The fraction of sp³-hybridized carbons (Fsp3) is 0.214. The number of fused-ring (bicyclic) bond motifs is 1. The van der Waals surface area contributed by atoms with E-state index in [4.69, 9.17) is 0 Å². The van der Waals surface area contributed by atoms with Crippen LogP contribution in [0.2, 0.25) is 0 Å². The van der Waals surface area contributed by atoms with Crippen molar-refractivity contribution < 1.29 is 27.4 Å². The van der Waals surface area contributed by atoms with Gasteiger partial charge in [-0.2, -0.15) is 13.2 Å². The first kappa shape index (κ1) is 14.2. The Bertz CT molecular complexity index is 635. The molecule has 0 fully saturated rings. The van der Waals surface area contributed by atoms with Crippen LogP contribution in [0.4, 0.5) is 13.2 Å². The monoisotopic (exact) mass is 284 g/mol. The zero-order valence-electron chi connectivity index (χ0n) is 10.5. The molecular formula is C14H11F3O3. The van der Waals surface area contributed by atoms with Crippen molar-refractivity contribution in [1.82, 2.24) is 0 Å². The summed E-state index contributed by atoms with van der Waals surface area (Å²) in [6.07, 6.45) is -4.43. The Morgan fingerprint density at radius 2 is 1.90 bits per heavy atom. The van der Waals surface area contributed by atoms with Gasteiger partial charge in [0, 0.05) is 0 Å². The second-order valence-electron chi connectivity index (χ2n) is 4.09. The topological polar surface area (TPSA) is 35.5 Å². The summed E-state index contributed by atoms with van der Waals surface area (Å²) in [6, 6.07) is 9.52. The second kappa shape index (κ2) is 5.40. The van der Waals surface area contributed by atoms with Crippen molar-refractivity contribution >= 4 is 16.7 Å². The molecule has 0 aliphatic rings. The molecule has 0 atom stereocenters. The number of hydrogen-bond acceptors (Lipinski definition) is 3. The van der Waals surface area contributed by atoms with Gasteiger partial charge < -0.3 is 9.47 Å². The summed E-state index contributed by atoms with van der Waals surface area (Å²) in [5.41, 5.74) is 0.169. The van der Waals surface area contributed by atoms with Gasteiger partial charge in [-0.25, -0.2) is 4.79 Å². The molecule has 6 heteroatoms. The maximum absolute atomic E-state index is 12.2. The van der Waals surface area contributed by atoms with Crippen LogP contribution >= 0.6 is 0 Å². The van der Waals surface area contributed by atoms with Gasteiger partial charge in [-0.3, -0.25) is 0 Å². The Hall–Kier alpha value is -2.24. The van der Waals surface area contributed by atoms with Crippen LogP contribution in [-0.4, -0.2) is 25.9 Å². The number of alkyl halides is 3. The minimum absolute atomic E-state index is 0.0265. The van der Waals surface area contributed by atoms with Gasteiger partial charge in [0.15, 0.2) is 6.61 Å². The van der Waals surface area contributed by atoms with Crippen LogP contribution in [-0.2, 0) is 4.74 Å². The lowest BCUT2D eigenvalue weighted by molar-refractivity contribution is -0.153. The van der Waals surface area contributed by atoms with Crippen molar-refractivity contribution in [2.24, 2.45) is 0 Å². The standard InChI is InChI=1S/C14H11F3O3/c1-19-13(18)12-7-10(20-8-14(15,16)17)6-9-4-2-3-5-11(9)12/h2-7H,8H2,1H3. The molecule has 0 saturated carbocycles. The third-order valence-electron chi connectivity index (χ3n) is 2.64. The zero-order chi connectivity index (χ0) is 14.8. The van der Waals surface area contributed by atoms with Gasteiger partial charge in [0.2, 0.25) is 0 Å². The highest BCUT2D eigenvalue weighted by atomic mass is 19.4. The number of esters is 1. The summed E-state index contributed by atoms with van der Waals surface area (Å²) >= 11 is 0. The molecule has 0 unspecified atom stereocenters. The van der Waals surface area contributed by atoms with E-state index in [1.54, 1.807) is 24.3 Å². The number of ether oxygens (including phenoxy) is 2. The van der Waals surface area contributed by atoms with Crippen LogP contribution in [0.25, 0.3) is 10.8 Å². The van der Waals surface area contributed by atoms with Crippen LogP contribution in [0.3, 0.4) is 0 Å². The van der Waals surface area contributed by atoms with Crippen LogP contribution in [0.1, 0.15) is 10.4 Å². The van der Waals surface area contributed by atoms with Crippen molar-refractivity contribution in [3.8, 4) is 5.75 Å². The Balaban J connectivity index is 2.44. The van der Waals surface area contributed by atoms with Gasteiger partial charge >= 0.3 is 12.1 Å². The lowest BCUT2D eigenvalue weighted by Gasteiger charge is -2.12. The van der Waals surface area contributed by atoms with Gasteiger partial charge in [-0.15, -0.1) is 0 Å². The highest BCUT2D eigenvalue weighted by Gasteiger charge is 2.28. The third-order valence-corrected chi connectivity index (χ3v) is 2.64. The summed E-state index contributed by atoms with van der Waals surface area (Å²) < 4.78 is 45.8. The lowest BCUT2D eigenvalue weighted by Crippen LogP contribution is -2.19. The fourth-order valence-electron chi connectivity index (χ4n) is 1.81. The van der Waals surface area contributed by atoms with Crippen molar-refractivity contribution in [1.29, 1.82) is 0 Å². The van der Waals surface area contributed by atoms with E-state index in [1.807, 2.05) is 0 Å². The molecule has 2 aromatic rings. The van der Waals surface area contributed by atoms with Crippen LogP contribution in [0.15, 0.2) is 36.4 Å². The summed E-state index contributed by atoms with van der Waals surface area (Å²) in [5.74, 6) is -0.653. The smallest absolute Gasteiger partial charge is 0.422 e. The van der Waals surface area contributed by atoms with E-state index >= 15 is 0 Å². The molecule has 0 saturated heterocycles. The highest BCUT2D eigenvalue weighted by molar-refractivity contribution is 6.05.